The van der Waals surface area contributed by atoms with Crippen molar-refractivity contribution in [1.82, 2.24) is 5.06 Å². The number of carbonyl (C=O) groups is 2. The Bertz CT molecular complexity index is 1300. The van der Waals surface area contributed by atoms with Crippen LogP contribution in [0.4, 0.5) is 0 Å². The van der Waals surface area contributed by atoms with Crippen molar-refractivity contribution < 1.29 is 19.5 Å². The summed E-state index contributed by atoms with van der Waals surface area (Å²) in [6, 6.07) is 30.1. The van der Waals surface area contributed by atoms with Crippen LogP contribution in [-0.4, -0.2) is 36.0 Å². The third-order valence-corrected chi connectivity index (χ3v) is 5.63. The molecule has 0 aliphatic heterocycles. The van der Waals surface area contributed by atoms with Gasteiger partial charge in [-0.15, -0.1) is 0 Å². The molecule has 0 bridgehead atoms. The van der Waals surface area contributed by atoms with Gasteiger partial charge in [-0.25, -0.2) is 5.06 Å². The van der Waals surface area contributed by atoms with Gasteiger partial charge >= 0.3 is 0 Å². The maximum absolute atomic E-state index is 12.7. The van der Waals surface area contributed by atoms with E-state index in [0.29, 0.717) is 23.8 Å². The van der Waals surface area contributed by atoms with Gasteiger partial charge in [0, 0.05) is 12.6 Å². The number of rotatable bonds is 8. The van der Waals surface area contributed by atoms with Crippen molar-refractivity contribution in [2.45, 2.75) is 6.42 Å². The monoisotopic (exact) mass is 451 g/mol. The van der Waals surface area contributed by atoms with Crippen molar-refractivity contribution >= 4 is 12.2 Å². The van der Waals surface area contributed by atoms with Crippen molar-refractivity contribution in [2.24, 2.45) is 0 Å². The van der Waals surface area contributed by atoms with Crippen LogP contribution in [0.1, 0.15) is 26.3 Å². The Hall–Kier alpha value is -4.22. The molecule has 0 fully saturated rings. The Morgan fingerprint density at radius 3 is 2.35 bits per heavy atom. The van der Waals surface area contributed by atoms with Gasteiger partial charge in [-0.05, 0) is 52.4 Å². The molecule has 1 amide bonds. The van der Waals surface area contributed by atoms with Crippen LogP contribution in [0.3, 0.4) is 0 Å². The van der Waals surface area contributed by atoms with Gasteiger partial charge < -0.3 is 5.11 Å². The van der Waals surface area contributed by atoms with Gasteiger partial charge in [-0.1, -0.05) is 78.9 Å². The van der Waals surface area contributed by atoms with E-state index in [1.807, 2.05) is 36.4 Å². The summed E-state index contributed by atoms with van der Waals surface area (Å²) >= 11 is 0. The van der Waals surface area contributed by atoms with E-state index in [9.17, 15) is 14.7 Å². The van der Waals surface area contributed by atoms with Gasteiger partial charge in [0.25, 0.3) is 5.91 Å². The van der Waals surface area contributed by atoms with E-state index in [-0.39, 0.29) is 18.3 Å². The van der Waals surface area contributed by atoms with Crippen LogP contribution in [0.5, 0.6) is 5.75 Å². The molecule has 0 saturated heterocycles. The van der Waals surface area contributed by atoms with Crippen LogP contribution in [0, 0.1) is 0 Å². The van der Waals surface area contributed by atoms with Crippen LogP contribution >= 0.6 is 0 Å². The third kappa shape index (κ3) is 5.22. The minimum Gasteiger partial charge on any atom is -0.508 e. The maximum Gasteiger partial charge on any atom is 0.277 e. The highest BCUT2D eigenvalue weighted by Crippen LogP contribution is 2.31. The Morgan fingerprint density at radius 1 is 0.853 bits per heavy atom. The zero-order chi connectivity index (χ0) is 23.9. The predicted molar refractivity (Wildman–Crippen MR) is 133 cm³/mol. The second kappa shape index (κ2) is 10.6. The highest BCUT2D eigenvalue weighted by atomic mass is 16.7. The SMILES string of the molecule is CN(OCCc1cc(-c2ccccc2)ccc1-c1cccc(O)c1)C(=O)c1ccccc1C=O. The van der Waals surface area contributed by atoms with Gasteiger partial charge in [0.05, 0.1) is 12.2 Å². The summed E-state index contributed by atoms with van der Waals surface area (Å²) in [5.74, 6) is -0.181. The lowest BCUT2D eigenvalue weighted by molar-refractivity contribution is -0.104. The Morgan fingerprint density at radius 2 is 1.59 bits per heavy atom. The maximum atomic E-state index is 12.7. The number of hydroxylamine groups is 2. The first-order valence-electron chi connectivity index (χ1n) is 11.0. The molecule has 0 atom stereocenters. The third-order valence-electron chi connectivity index (χ3n) is 5.63. The number of phenols is 1. The van der Waals surface area contributed by atoms with Crippen LogP contribution in [-0.2, 0) is 11.3 Å². The molecule has 0 aliphatic carbocycles. The van der Waals surface area contributed by atoms with E-state index >= 15 is 0 Å². The number of nitrogens with zero attached hydrogens (tertiary/aromatic N) is 1. The lowest BCUT2D eigenvalue weighted by atomic mass is 9.93. The van der Waals surface area contributed by atoms with Crippen molar-refractivity contribution in [3.8, 4) is 28.0 Å². The normalized spacial score (nSPS) is 10.6. The number of hydrogen-bond donors (Lipinski definition) is 1. The van der Waals surface area contributed by atoms with Gasteiger partial charge in [0.2, 0.25) is 0 Å². The standard InChI is InChI=1S/C29H25NO4/c1-30(29(33)28-13-6-5-10-25(28)20-31)34-17-16-24-18-22(21-8-3-2-4-9-21)14-15-27(24)23-11-7-12-26(32)19-23/h2-15,18-20,32H,16-17H2,1H3. The van der Waals surface area contributed by atoms with E-state index in [2.05, 4.69) is 24.3 Å². The molecule has 0 aromatic heterocycles. The summed E-state index contributed by atoms with van der Waals surface area (Å²) in [4.78, 5) is 29.8. The Balaban J connectivity index is 1.56. The summed E-state index contributed by atoms with van der Waals surface area (Å²) in [6.07, 6.45) is 1.20. The summed E-state index contributed by atoms with van der Waals surface area (Å²) in [5.41, 5.74) is 5.71. The minimum absolute atomic E-state index is 0.200. The fourth-order valence-electron chi connectivity index (χ4n) is 3.88. The summed E-state index contributed by atoms with van der Waals surface area (Å²) in [6.45, 7) is 0.259. The zero-order valence-electron chi connectivity index (χ0n) is 18.8. The second-order valence-electron chi connectivity index (χ2n) is 7.88. The van der Waals surface area contributed by atoms with Crippen LogP contribution in [0.25, 0.3) is 22.3 Å². The average Bonchev–Trinajstić information content (AvgIpc) is 2.88. The lowest BCUT2D eigenvalue weighted by Crippen LogP contribution is -2.28. The van der Waals surface area contributed by atoms with Crippen LogP contribution in [0.15, 0.2) is 97.1 Å². The quantitative estimate of drug-likeness (QED) is 0.272. The fourth-order valence-corrected chi connectivity index (χ4v) is 3.88. The first-order chi connectivity index (χ1) is 16.6. The van der Waals surface area contributed by atoms with E-state index in [1.165, 1.54) is 0 Å². The largest absolute Gasteiger partial charge is 0.508 e. The van der Waals surface area contributed by atoms with Crippen molar-refractivity contribution in [2.75, 3.05) is 13.7 Å². The van der Waals surface area contributed by atoms with E-state index < -0.39 is 0 Å². The zero-order valence-corrected chi connectivity index (χ0v) is 18.8. The van der Waals surface area contributed by atoms with Gasteiger partial charge in [-0.3, -0.25) is 14.4 Å². The lowest BCUT2D eigenvalue weighted by Gasteiger charge is -2.19. The van der Waals surface area contributed by atoms with Gasteiger partial charge in [-0.2, -0.15) is 0 Å². The van der Waals surface area contributed by atoms with Crippen molar-refractivity contribution in [3.05, 3.63) is 114 Å². The second-order valence-corrected chi connectivity index (χ2v) is 7.88. The number of carbonyl (C=O) groups excluding carboxylic acids is 2. The number of amides is 1. The van der Waals surface area contributed by atoms with Crippen molar-refractivity contribution in [1.29, 1.82) is 0 Å². The smallest absolute Gasteiger partial charge is 0.277 e. The molecule has 4 aromatic carbocycles. The molecule has 4 aromatic rings. The number of benzene rings is 4. The Labute approximate surface area is 198 Å². The molecule has 34 heavy (non-hydrogen) atoms. The summed E-state index contributed by atoms with van der Waals surface area (Å²) in [7, 11) is 1.54. The molecule has 5 heteroatoms. The van der Waals surface area contributed by atoms with Gasteiger partial charge in [0.15, 0.2) is 6.29 Å². The molecule has 0 saturated carbocycles. The molecule has 5 nitrogen and oxygen atoms in total. The number of phenolic OH excluding ortho intramolecular Hbond substituents is 1. The van der Waals surface area contributed by atoms with E-state index in [1.54, 1.807) is 43.4 Å². The highest BCUT2D eigenvalue weighted by molar-refractivity contribution is 6.00. The molecule has 0 heterocycles. The van der Waals surface area contributed by atoms with Crippen LogP contribution in [0.2, 0.25) is 0 Å². The molecule has 0 aliphatic rings. The molecule has 0 radical (unpaired) electrons. The molecule has 170 valence electrons. The molecular weight excluding hydrogens is 426 g/mol. The fraction of sp³-hybridized carbons (Fsp3) is 0.103. The Kier molecular flexibility index (Phi) is 7.16. The van der Waals surface area contributed by atoms with E-state index in [4.69, 9.17) is 4.84 Å². The predicted octanol–water partition coefficient (Wildman–Crippen LogP) is 5.79. The molecule has 0 spiro atoms. The number of aldehydes is 1. The minimum atomic E-state index is -0.381. The van der Waals surface area contributed by atoms with E-state index in [0.717, 1.165) is 32.9 Å². The topological polar surface area (TPSA) is 66.8 Å². The number of aromatic hydroxyl groups is 1. The average molecular weight is 452 g/mol. The van der Waals surface area contributed by atoms with Crippen LogP contribution < -0.4 is 0 Å². The molecular formula is C29H25NO4. The van der Waals surface area contributed by atoms with Crippen molar-refractivity contribution in [3.63, 3.8) is 0 Å². The molecule has 1 N–H and O–H groups in total. The van der Waals surface area contributed by atoms with Gasteiger partial charge in [0.1, 0.15) is 5.75 Å². The number of hydrogen-bond acceptors (Lipinski definition) is 4. The summed E-state index contributed by atoms with van der Waals surface area (Å²) in [5, 5.41) is 11.1. The first-order valence-corrected chi connectivity index (χ1v) is 11.0. The summed E-state index contributed by atoms with van der Waals surface area (Å²) < 4.78 is 0. The highest BCUT2D eigenvalue weighted by Gasteiger charge is 2.16. The molecule has 4 rings (SSSR count). The molecule has 0 unspecified atom stereocenters. The first kappa shape index (κ1) is 23.0.